The Kier molecular flexibility index (Phi) is 3.43. The SMILES string of the molecule is C(#Cc1cccs1)[Se]c1ccccc1. The van der Waals surface area contributed by atoms with E-state index < -0.39 is 0 Å². The molecule has 0 aliphatic heterocycles. The first-order valence-corrected chi connectivity index (χ1v) is 6.81. The summed E-state index contributed by atoms with van der Waals surface area (Å²) in [6.45, 7) is 0. The molecule has 2 heteroatoms. The fraction of sp³-hybridized carbons (Fsp3) is 0. The molecular weight excluding hydrogens is 255 g/mol. The molecule has 0 spiro atoms. The molecule has 1 aromatic heterocycles. The van der Waals surface area contributed by atoms with Crippen LogP contribution in [0.5, 0.6) is 0 Å². The topological polar surface area (TPSA) is 0 Å². The number of hydrogen-bond acceptors (Lipinski definition) is 1. The van der Waals surface area contributed by atoms with E-state index in [-0.39, 0.29) is 15.0 Å². The van der Waals surface area contributed by atoms with Gasteiger partial charge in [-0.25, -0.2) is 0 Å². The summed E-state index contributed by atoms with van der Waals surface area (Å²) in [5.41, 5.74) is 0. The first kappa shape index (κ1) is 9.55. The van der Waals surface area contributed by atoms with Crippen LogP contribution in [0, 0.1) is 10.7 Å². The standard InChI is InChI=1S/C12H8SSe/c1-2-6-12(7-3-1)14-10-8-11-5-4-9-13-11/h1-7,9H. The van der Waals surface area contributed by atoms with Crippen LogP contribution in [0.4, 0.5) is 0 Å². The van der Waals surface area contributed by atoms with Gasteiger partial charge < -0.3 is 0 Å². The Bertz CT molecular complexity index is 434. The van der Waals surface area contributed by atoms with Crippen LogP contribution in [0.15, 0.2) is 47.8 Å². The molecule has 0 saturated carbocycles. The summed E-state index contributed by atoms with van der Waals surface area (Å²) in [5, 5.41) is 2.06. The fourth-order valence-electron chi connectivity index (χ4n) is 0.973. The van der Waals surface area contributed by atoms with E-state index in [1.54, 1.807) is 11.3 Å². The molecule has 0 unspecified atom stereocenters. The molecule has 0 aliphatic carbocycles. The van der Waals surface area contributed by atoms with Crippen LogP contribution in [0.3, 0.4) is 0 Å². The van der Waals surface area contributed by atoms with Gasteiger partial charge in [0, 0.05) is 0 Å². The van der Waals surface area contributed by atoms with E-state index in [4.69, 9.17) is 0 Å². The number of benzene rings is 1. The van der Waals surface area contributed by atoms with Gasteiger partial charge in [-0.1, -0.05) is 0 Å². The van der Waals surface area contributed by atoms with Gasteiger partial charge in [-0.3, -0.25) is 0 Å². The average molecular weight is 263 g/mol. The Balaban J connectivity index is 2.01. The van der Waals surface area contributed by atoms with E-state index in [0.29, 0.717) is 0 Å². The van der Waals surface area contributed by atoms with Crippen molar-refractivity contribution in [1.82, 2.24) is 0 Å². The molecule has 0 N–H and O–H groups in total. The minimum atomic E-state index is 0.283. The van der Waals surface area contributed by atoms with Gasteiger partial charge in [-0.05, 0) is 0 Å². The number of hydrogen-bond donors (Lipinski definition) is 0. The van der Waals surface area contributed by atoms with Crippen LogP contribution in [0.25, 0.3) is 0 Å². The molecule has 0 fully saturated rings. The molecule has 0 radical (unpaired) electrons. The third-order valence-electron chi connectivity index (χ3n) is 1.61. The molecule has 14 heavy (non-hydrogen) atoms. The van der Waals surface area contributed by atoms with Crippen LogP contribution in [0.1, 0.15) is 4.88 Å². The van der Waals surface area contributed by atoms with Gasteiger partial charge in [-0.15, -0.1) is 0 Å². The molecule has 68 valence electrons. The third-order valence-corrected chi connectivity index (χ3v) is 3.89. The number of thiophene rings is 1. The van der Waals surface area contributed by atoms with Gasteiger partial charge in [-0.2, -0.15) is 0 Å². The monoisotopic (exact) mass is 264 g/mol. The first-order chi connectivity index (χ1) is 6.95. The van der Waals surface area contributed by atoms with Crippen LogP contribution < -0.4 is 4.46 Å². The summed E-state index contributed by atoms with van der Waals surface area (Å²) < 4.78 is 1.34. The Morgan fingerprint density at radius 1 is 1.00 bits per heavy atom. The number of rotatable bonds is 1. The molecule has 0 amide bonds. The van der Waals surface area contributed by atoms with Crippen molar-refractivity contribution < 1.29 is 0 Å². The van der Waals surface area contributed by atoms with Crippen molar-refractivity contribution in [2.24, 2.45) is 0 Å². The van der Waals surface area contributed by atoms with E-state index in [1.165, 1.54) is 4.46 Å². The minimum absolute atomic E-state index is 0.283. The van der Waals surface area contributed by atoms with Gasteiger partial charge in [0.25, 0.3) is 0 Å². The summed E-state index contributed by atoms with van der Waals surface area (Å²) in [4.78, 5) is 4.38. The molecular formula is C12H8SSe. The van der Waals surface area contributed by atoms with E-state index in [9.17, 15) is 0 Å². The maximum absolute atomic E-state index is 3.23. The van der Waals surface area contributed by atoms with E-state index >= 15 is 0 Å². The Labute approximate surface area is 94.1 Å². The van der Waals surface area contributed by atoms with Crippen molar-refractivity contribution in [3.63, 3.8) is 0 Å². The Hall–Kier alpha value is -1.00. The zero-order chi connectivity index (χ0) is 9.64. The molecule has 0 atom stereocenters. The molecule has 0 saturated heterocycles. The zero-order valence-corrected chi connectivity index (χ0v) is 9.96. The van der Waals surface area contributed by atoms with Crippen molar-refractivity contribution in [3.8, 4) is 10.7 Å². The predicted molar refractivity (Wildman–Crippen MR) is 63.0 cm³/mol. The van der Waals surface area contributed by atoms with Crippen LogP contribution >= 0.6 is 11.3 Å². The second-order valence-electron chi connectivity index (χ2n) is 2.62. The van der Waals surface area contributed by atoms with Crippen molar-refractivity contribution in [1.29, 1.82) is 0 Å². The van der Waals surface area contributed by atoms with Gasteiger partial charge in [0.1, 0.15) is 0 Å². The van der Waals surface area contributed by atoms with Crippen molar-refractivity contribution in [3.05, 3.63) is 52.7 Å². The summed E-state index contributed by atoms with van der Waals surface area (Å²) in [7, 11) is 0. The fourth-order valence-corrected chi connectivity index (χ4v) is 2.89. The Morgan fingerprint density at radius 2 is 1.86 bits per heavy atom. The molecule has 0 nitrogen and oxygen atoms in total. The summed E-state index contributed by atoms with van der Waals surface area (Å²) >= 11 is 1.98. The van der Waals surface area contributed by atoms with E-state index in [1.807, 2.05) is 12.1 Å². The van der Waals surface area contributed by atoms with Gasteiger partial charge in [0.05, 0.1) is 0 Å². The second-order valence-corrected chi connectivity index (χ2v) is 5.41. The van der Waals surface area contributed by atoms with E-state index in [2.05, 4.69) is 46.5 Å². The van der Waals surface area contributed by atoms with Crippen molar-refractivity contribution in [2.45, 2.75) is 0 Å². The first-order valence-electron chi connectivity index (χ1n) is 4.21. The molecule has 0 aliphatic rings. The third kappa shape index (κ3) is 2.75. The quantitative estimate of drug-likeness (QED) is 0.546. The average Bonchev–Trinajstić information content (AvgIpc) is 2.72. The van der Waals surface area contributed by atoms with Gasteiger partial charge >= 0.3 is 94.2 Å². The molecule has 2 aromatic rings. The predicted octanol–water partition coefficient (Wildman–Crippen LogP) is 2.09. The molecule has 1 aromatic carbocycles. The van der Waals surface area contributed by atoms with Gasteiger partial charge in [0.2, 0.25) is 0 Å². The van der Waals surface area contributed by atoms with E-state index in [0.717, 1.165) is 4.88 Å². The van der Waals surface area contributed by atoms with Crippen LogP contribution in [-0.2, 0) is 0 Å². The van der Waals surface area contributed by atoms with Crippen LogP contribution in [0.2, 0.25) is 0 Å². The maximum atomic E-state index is 3.23. The summed E-state index contributed by atoms with van der Waals surface area (Å²) in [5.74, 6) is 3.17. The molecule has 0 bridgehead atoms. The second kappa shape index (κ2) is 5.02. The van der Waals surface area contributed by atoms with Crippen molar-refractivity contribution >= 4 is 30.8 Å². The molecule has 2 rings (SSSR count). The Morgan fingerprint density at radius 3 is 2.57 bits per heavy atom. The normalized spacial score (nSPS) is 9.14. The summed E-state index contributed by atoms with van der Waals surface area (Å²) in [6, 6.07) is 14.5. The summed E-state index contributed by atoms with van der Waals surface area (Å²) in [6.07, 6.45) is 0. The van der Waals surface area contributed by atoms with Crippen LogP contribution in [-0.4, -0.2) is 15.0 Å². The van der Waals surface area contributed by atoms with Gasteiger partial charge in [0.15, 0.2) is 0 Å². The molecule has 1 heterocycles. The zero-order valence-electron chi connectivity index (χ0n) is 7.44. The van der Waals surface area contributed by atoms with Crippen molar-refractivity contribution in [2.75, 3.05) is 0 Å².